The highest BCUT2D eigenvalue weighted by molar-refractivity contribution is 6.03. The van der Waals surface area contributed by atoms with E-state index in [2.05, 4.69) is 5.32 Å². The van der Waals surface area contributed by atoms with E-state index in [0.29, 0.717) is 35.5 Å². The lowest BCUT2D eigenvalue weighted by Crippen LogP contribution is -2.34. The van der Waals surface area contributed by atoms with Crippen LogP contribution in [0.5, 0.6) is 5.75 Å². The molecule has 2 atom stereocenters. The van der Waals surface area contributed by atoms with Gasteiger partial charge in [-0.25, -0.2) is 4.68 Å². The Morgan fingerprint density at radius 1 is 1.11 bits per heavy atom. The van der Waals surface area contributed by atoms with Gasteiger partial charge >= 0.3 is 0 Å². The number of carbonyl (C=O) groups is 3. The van der Waals surface area contributed by atoms with Crippen LogP contribution in [0.15, 0.2) is 48.5 Å². The van der Waals surface area contributed by atoms with Crippen molar-refractivity contribution in [3.8, 4) is 17.0 Å². The van der Waals surface area contributed by atoms with Crippen molar-refractivity contribution in [2.45, 2.75) is 38.3 Å². The van der Waals surface area contributed by atoms with Crippen molar-refractivity contribution < 1.29 is 19.1 Å². The van der Waals surface area contributed by atoms with Crippen molar-refractivity contribution in [3.05, 3.63) is 65.2 Å². The van der Waals surface area contributed by atoms with Gasteiger partial charge in [0.2, 0.25) is 5.91 Å². The van der Waals surface area contributed by atoms with Gasteiger partial charge in [-0.1, -0.05) is 42.8 Å². The third-order valence-corrected chi connectivity index (χ3v) is 7.01. The van der Waals surface area contributed by atoms with Crippen LogP contribution in [-0.2, 0) is 11.3 Å². The summed E-state index contributed by atoms with van der Waals surface area (Å²) in [5.74, 6) is -0.213. The second kappa shape index (κ2) is 11.4. The minimum atomic E-state index is -0.659. The zero-order valence-corrected chi connectivity index (χ0v) is 21.9. The maximum Gasteiger partial charge on any atom is 0.255 e. The van der Waals surface area contributed by atoms with Gasteiger partial charge in [-0.2, -0.15) is 5.10 Å². The van der Waals surface area contributed by atoms with Gasteiger partial charge in [0.05, 0.1) is 18.7 Å². The fraction of sp³-hybridized carbons (Fsp3) is 0.357. The highest BCUT2D eigenvalue weighted by Gasteiger charge is 2.32. The Labute approximate surface area is 221 Å². The SMILES string of the molecule is COc1ccccc1C(=O)NCc1ccc(-c2nn(C3CCCC(C(=O)N(C)C)C3)c(N)c2C(N)=O)cc1. The summed E-state index contributed by atoms with van der Waals surface area (Å²) in [4.78, 5) is 39.2. The third kappa shape index (κ3) is 5.49. The quantitative estimate of drug-likeness (QED) is 0.418. The number of nitrogen functional groups attached to an aromatic ring is 1. The summed E-state index contributed by atoms with van der Waals surface area (Å²) in [6, 6.07) is 14.3. The summed E-state index contributed by atoms with van der Waals surface area (Å²) in [5.41, 5.74) is 14.7. The fourth-order valence-electron chi connectivity index (χ4n) is 5.04. The van der Waals surface area contributed by atoms with Crippen molar-refractivity contribution in [1.29, 1.82) is 0 Å². The van der Waals surface area contributed by atoms with E-state index < -0.39 is 5.91 Å². The number of primary amides is 1. The molecule has 0 aliphatic heterocycles. The molecule has 200 valence electrons. The number of hydrogen-bond acceptors (Lipinski definition) is 6. The first-order valence-electron chi connectivity index (χ1n) is 12.6. The smallest absolute Gasteiger partial charge is 0.255 e. The monoisotopic (exact) mass is 518 g/mol. The minimum Gasteiger partial charge on any atom is -0.496 e. The Morgan fingerprint density at radius 3 is 2.47 bits per heavy atom. The highest BCUT2D eigenvalue weighted by Crippen LogP contribution is 2.37. The standard InChI is InChI=1S/C28H34N6O4/c1-33(2)28(37)19-7-6-8-20(15-19)34-25(29)23(26(30)35)24(32-34)18-13-11-17(12-14-18)16-31-27(36)21-9-4-5-10-22(21)38-3/h4-5,9-14,19-20H,6-8,15-16,29H2,1-3H3,(H2,30,35)(H,31,36). The molecule has 10 nitrogen and oxygen atoms in total. The summed E-state index contributed by atoms with van der Waals surface area (Å²) in [5, 5.41) is 7.60. The first kappa shape index (κ1) is 26.7. The van der Waals surface area contributed by atoms with Gasteiger partial charge in [0.15, 0.2) is 0 Å². The summed E-state index contributed by atoms with van der Waals surface area (Å²) in [6.07, 6.45) is 3.10. The predicted molar refractivity (Wildman–Crippen MR) is 144 cm³/mol. The molecule has 1 aromatic heterocycles. The zero-order chi connectivity index (χ0) is 27.4. The van der Waals surface area contributed by atoms with Gasteiger partial charge < -0.3 is 26.4 Å². The van der Waals surface area contributed by atoms with Crippen molar-refractivity contribution in [2.24, 2.45) is 11.7 Å². The molecule has 1 aliphatic carbocycles. The maximum absolute atomic E-state index is 12.6. The van der Waals surface area contributed by atoms with Gasteiger partial charge in [-0.15, -0.1) is 0 Å². The number of nitrogens with two attached hydrogens (primary N) is 2. The van der Waals surface area contributed by atoms with Crippen molar-refractivity contribution in [3.63, 3.8) is 0 Å². The van der Waals surface area contributed by atoms with E-state index in [9.17, 15) is 14.4 Å². The lowest BCUT2D eigenvalue weighted by Gasteiger charge is -2.30. The molecule has 4 rings (SSSR count). The number of aromatic nitrogens is 2. The zero-order valence-electron chi connectivity index (χ0n) is 21.9. The molecule has 1 heterocycles. The number of ether oxygens (including phenoxy) is 1. The van der Waals surface area contributed by atoms with Gasteiger partial charge in [0.1, 0.15) is 22.8 Å². The summed E-state index contributed by atoms with van der Waals surface area (Å²) >= 11 is 0. The summed E-state index contributed by atoms with van der Waals surface area (Å²) in [6.45, 7) is 0.305. The van der Waals surface area contributed by atoms with E-state index in [-0.39, 0.29) is 35.2 Å². The molecule has 1 saturated carbocycles. The number of para-hydroxylation sites is 1. The number of hydrogen-bond donors (Lipinski definition) is 3. The van der Waals surface area contributed by atoms with Crippen molar-refractivity contribution >= 4 is 23.5 Å². The Bertz CT molecular complexity index is 1330. The highest BCUT2D eigenvalue weighted by atomic mass is 16.5. The molecule has 0 bridgehead atoms. The van der Waals surface area contributed by atoms with Gasteiger partial charge in [0, 0.05) is 32.1 Å². The molecule has 1 fully saturated rings. The summed E-state index contributed by atoms with van der Waals surface area (Å²) < 4.78 is 6.92. The second-order valence-corrected chi connectivity index (χ2v) is 9.75. The van der Waals surface area contributed by atoms with Gasteiger partial charge in [-0.3, -0.25) is 14.4 Å². The van der Waals surface area contributed by atoms with E-state index in [4.69, 9.17) is 21.3 Å². The van der Waals surface area contributed by atoms with Gasteiger partial charge in [-0.05, 0) is 37.0 Å². The van der Waals surface area contributed by atoms with Crippen molar-refractivity contribution in [2.75, 3.05) is 26.9 Å². The fourth-order valence-corrected chi connectivity index (χ4v) is 5.04. The Hall–Kier alpha value is -4.34. The third-order valence-electron chi connectivity index (χ3n) is 7.01. The molecule has 2 unspecified atom stereocenters. The van der Waals surface area contributed by atoms with Crippen molar-refractivity contribution in [1.82, 2.24) is 20.0 Å². The van der Waals surface area contributed by atoms with Crippen LogP contribution in [0.3, 0.4) is 0 Å². The first-order chi connectivity index (χ1) is 18.2. The number of rotatable bonds is 8. The number of anilines is 1. The molecule has 0 radical (unpaired) electrons. The second-order valence-electron chi connectivity index (χ2n) is 9.75. The average Bonchev–Trinajstić information content (AvgIpc) is 3.28. The maximum atomic E-state index is 12.6. The molecular weight excluding hydrogens is 484 g/mol. The van der Waals surface area contributed by atoms with E-state index in [1.165, 1.54) is 7.11 Å². The Morgan fingerprint density at radius 2 is 1.82 bits per heavy atom. The summed E-state index contributed by atoms with van der Waals surface area (Å²) in [7, 11) is 5.03. The Balaban J connectivity index is 1.53. The molecule has 1 aliphatic rings. The normalized spacial score (nSPS) is 17.0. The number of nitrogens with one attached hydrogen (secondary N) is 1. The molecule has 5 N–H and O–H groups in total. The van der Waals surface area contributed by atoms with E-state index in [1.54, 1.807) is 47.9 Å². The number of amides is 3. The molecule has 2 aromatic carbocycles. The first-order valence-corrected chi connectivity index (χ1v) is 12.6. The number of benzene rings is 2. The van der Waals surface area contributed by atoms with E-state index >= 15 is 0 Å². The van der Waals surface area contributed by atoms with Gasteiger partial charge in [0.25, 0.3) is 11.8 Å². The van der Waals surface area contributed by atoms with Crippen LogP contribution in [0, 0.1) is 5.92 Å². The molecule has 3 amide bonds. The molecule has 3 aromatic rings. The largest absolute Gasteiger partial charge is 0.496 e. The Kier molecular flexibility index (Phi) is 7.99. The van der Waals surface area contributed by atoms with E-state index in [0.717, 1.165) is 24.8 Å². The lowest BCUT2D eigenvalue weighted by molar-refractivity contribution is -0.134. The number of carbonyl (C=O) groups excluding carboxylic acids is 3. The molecule has 10 heteroatoms. The molecule has 0 saturated heterocycles. The molecule has 0 spiro atoms. The minimum absolute atomic E-state index is 0.0872. The molecular formula is C28H34N6O4. The number of nitrogens with zero attached hydrogens (tertiary/aromatic N) is 3. The van der Waals surface area contributed by atoms with E-state index in [1.807, 2.05) is 24.3 Å². The van der Waals surface area contributed by atoms with Crippen LogP contribution in [0.1, 0.15) is 58.0 Å². The molecule has 38 heavy (non-hydrogen) atoms. The lowest BCUT2D eigenvalue weighted by atomic mass is 9.85. The van der Waals surface area contributed by atoms with Crippen LogP contribution in [0.2, 0.25) is 0 Å². The van der Waals surface area contributed by atoms with Crippen LogP contribution in [0.25, 0.3) is 11.3 Å². The topological polar surface area (TPSA) is 146 Å². The average molecular weight is 519 g/mol. The van der Waals surface area contributed by atoms with Crippen LogP contribution in [-0.4, -0.2) is 53.6 Å². The van der Waals surface area contributed by atoms with Crippen LogP contribution < -0.4 is 21.5 Å². The number of methoxy groups -OCH3 is 1. The van der Waals surface area contributed by atoms with Crippen LogP contribution in [0.4, 0.5) is 5.82 Å². The predicted octanol–water partition coefficient (Wildman–Crippen LogP) is 2.99. The van der Waals surface area contributed by atoms with Crippen LogP contribution >= 0.6 is 0 Å².